The number of ether oxygens (including phenoxy) is 1. The molecule has 0 aliphatic carbocycles. The maximum atomic E-state index is 11.2. The molecule has 2 aromatic rings. The number of rotatable bonds is 3. The summed E-state index contributed by atoms with van der Waals surface area (Å²) in [7, 11) is -5.16. The van der Waals surface area contributed by atoms with Gasteiger partial charge < -0.3 is 9.84 Å². The number of phenols is 1. The third-order valence-corrected chi connectivity index (χ3v) is 6.01. The molecule has 0 fully saturated rings. The zero-order valence-corrected chi connectivity index (χ0v) is 16.7. The molecule has 0 heterocycles. The van der Waals surface area contributed by atoms with Crippen molar-refractivity contribution in [3.05, 3.63) is 46.4 Å². The van der Waals surface area contributed by atoms with Gasteiger partial charge in [-0.05, 0) is 30.3 Å². The summed E-state index contributed by atoms with van der Waals surface area (Å²) in [5, 5.41) is 9.31. The Labute approximate surface area is 156 Å². The predicted octanol–water partition coefficient (Wildman–Crippen LogP) is 3.20. The van der Waals surface area contributed by atoms with Gasteiger partial charge in [0.05, 0.1) is 26.9 Å². The Morgan fingerprint density at radius 1 is 0.840 bits per heavy atom. The summed E-state index contributed by atoms with van der Waals surface area (Å²) in [4.78, 5) is 0.0395. The molecular weight excluding hydrogens is 411 g/mol. The lowest BCUT2D eigenvalue weighted by molar-refractivity contribution is 0.413. The third kappa shape index (κ3) is 6.39. The SMILES string of the molecule is COc1ccc(Cl)c(S(C)(=O)=O)c1.CS(=O)(=O)c1cc(O)ccc1Cl. The van der Waals surface area contributed by atoms with Crippen LogP contribution in [0.15, 0.2) is 46.2 Å². The number of aromatic hydroxyl groups is 1. The second kappa shape index (κ2) is 8.27. The van der Waals surface area contributed by atoms with Crippen molar-refractivity contribution in [2.24, 2.45) is 0 Å². The van der Waals surface area contributed by atoms with E-state index in [1.54, 1.807) is 6.07 Å². The summed E-state index contributed by atoms with van der Waals surface area (Å²) >= 11 is 11.3. The molecule has 138 valence electrons. The van der Waals surface area contributed by atoms with Gasteiger partial charge in [0, 0.05) is 18.6 Å². The Hall–Kier alpha value is -1.48. The lowest BCUT2D eigenvalue weighted by atomic mass is 10.3. The molecule has 0 atom stereocenters. The van der Waals surface area contributed by atoms with Crippen LogP contribution in [-0.2, 0) is 19.7 Å². The van der Waals surface area contributed by atoms with E-state index in [4.69, 9.17) is 33.0 Å². The summed E-state index contributed by atoms with van der Waals surface area (Å²) in [6, 6.07) is 8.30. The van der Waals surface area contributed by atoms with Gasteiger partial charge in [-0.2, -0.15) is 0 Å². The van der Waals surface area contributed by atoms with Crippen molar-refractivity contribution in [3.63, 3.8) is 0 Å². The fourth-order valence-corrected chi connectivity index (χ4v) is 4.26. The van der Waals surface area contributed by atoms with Crippen LogP contribution in [0.25, 0.3) is 0 Å². The standard InChI is InChI=1S/C8H9ClO3S.C7H7ClO3S/c1-12-6-3-4-7(9)8(5-6)13(2,10)11;1-12(10,11)7-4-5(9)2-3-6(7)8/h3-5H,1-2H3;2-4,9H,1H3. The summed E-state index contributed by atoms with van der Waals surface area (Å²) < 4.78 is 49.3. The lowest BCUT2D eigenvalue weighted by Crippen LogP contribution is -1.98. The maximum absolute atomic E-state index is 11.2. The Morgan fingerprint density at radius 3 is 1.68 bits per heavy atom. The highest BCUT2D eigenvalue weighted by molar-refractivity contribution is 7.91. The highest BCUT2D eigenvalue weighted by Gasteiger charge is 2.13. The molecular formula is C15H16Cl2O6S2. The lowest BCUT2D eigenvalue weighted by Gasteiger charge is -2.04. The van der Waals surface area contributed by atoms with Gasteiger partial charge >= 0.3 is 0 Å². The van der Waals surface area contributed by atoms with Gasteiger partial charge in [0.1, 0.15) is 11.5 Å². The monoisotopic (exact) mass is 426 g/mol. The highest BCUT2D eigenvalue weighted by atomic mass is 35.5. The maximum Gasteiger partial charge on any atom is 0.177 e. The van der Waals surface area contributed by atoms with Gasteiger partial charge in [-0.25, -0.2) is 16.8 Å². The summed E-state index contributed by atoms with van der Waals surface area (Å²) in [5.74, 6) is 0.365. The third-order valence-electron chi connectivity index (χ3n) is 2.85. The molecule has 0 radical (unpaired) electrons. The fraction of sp³-hybridized carbons (Fsp3) is 0.200. The molecule has 0 spiro atoms. The van der Waals surface area contributed by atoms with E-state index in [9.17, 15) is 16.8 Å². The first kappa shape index (κ1) is 21.6. The van der Waals surface area contributed by atoms with Crippen LogP contribution >= 0.6 is 23.2 Å². The molecule has 0 unspecified atom stereocenters. The van der Waals surface area contributed by atoms with Crippen LogP contribution in [0.2, 0.25) is 10.0 Å². The molecule has 0 aliphatic heterocycles. The number of halogens is 2. The first-order chi connectivity index (χ1) is 11.4. The molecule has 1 N–H and O–H groups in total. The van der Waals surface area contributed by atoms with E-state index >= 15 is 0 Å². The average Bonchev–Trinajstić information content (AvgIpc) is 2.48. The smallest absolute Gasteiger partial charge is 0.177 e. The van der Waals surface area contributed by atoms with E-state index in [1.165, 1.54) is 31.4 Å². The molecule has 0 saturated heterocycles. The molecule has 10 heteroatoms. The van der Waals surface area contributed by atoms with Crippen LogP contribution in [0.5, 0.6) is 11.5 Å². The van der Waals surface area contributed by atoms with Gasteiger partial charge in [-0.1, -0.05) is 23.2 Å². The van der Waals surface area contributed by atoms with Crippen molar-refractivity contribution in [3.8, 4) is 11.5 Å². The largest absolute Gasteiger partial charge is 0.508 e. The second-order valence-electron chi connectivity index (χ2n) is 4.96. The van der Waals surface area contributed by atoms with E-state index in [1.807, 2.05) is 0 Å². The fourth-order valence-electron chi connectivity index (χ4n) is 1.67. The number of hydrogen-bond acceptors (Lipinski definition) is 6. The van der Waals surface area contributed by atoms with Gasteiger partial charge in [-0.15, -0.1) is 0 Å². The van der Waals surface area contributed by atoms with Crippen LogP contribution in [0.4, 0.5) is 0 Å². The molecule has 0 aromatic heterocycles. The zero-order chi connectivity index (χ0) is 19.4. The average molecular weight is 427 g/mol. The van der Waals surface area contributed by atoms with E-state index in [2.05, 4.69) is 0 Å². The summed E-state index contributed by atoms with van der Waals surface area (Å²) in [6.45, 7) is 0. The summed E-state index contributed by atoms with van der Waals surface area (Å²) in [6.07, 6.45) is 2.14. The normalized spacial score (nSPS) is 11.4. The van der Waals surface area contributed by atoms with Crippen molar-refractivity contribution in [2.75, 3.05) is 19.6 Å². The Kier molecular flexibility index (Phi) is 7.13. The quantitative estimate of drug-likeness (QED) is 0.808. The van der Waals surface area contributed by atoms with Gasteiger partial charge in [0.15, 0.2) is 19.7 Å². The second-order valence-corrected chi connectivity index (χ2v) is 9.74. The van der Waals surface area contributed by atoms with Crippen molar-refractivity contribution in [1.82, 2.24) is 0 Å². The van der Waals surface area contributed by atoms with Crippen molar-refractivity contribution in [2.45, 2.75) is 9.79 Å². The molecule has 0 saturated carbocycles. The minimum absolute atomic E-state index is 0.0517. The molecule has 0 amide bonds. The molecule has 6 nitrogen and oxygen atoms in total. The van der Waals surface area contributed by atoms with Gasteiger partial charge in [0.25, 0.3) is 0 Å². The highest BCUT2D eigenvalue weighted by Crippen LogP contribution is 2.26. The Bertz CT molecular complexity index is 970. The number of hydrogen-bond donors (Lipinski definition) is 1. The number of methoxy groups -OCH3 is 1. The molecule has 0 aliphatic rings. The predicted molar refractivity (Wildman–Crippen MR) is 97.3 cm³/mol. The van der Waals surface area contributed by atoms with Gasteiger partial charge in [0.2, 0.25) is 0 Å². The van der Waals surface area contributed by atoms with Crippen LogP contribution < -0.4 is 4.74 Å². The Balaban J connectivity index is 0.000000251. The van der Waals surface area contributed by atoms with E-state index in [0.717, 1.165) is 18.6 Å². The first-order valence-electron chi connectivity index (χ1n) is 6.58. The zero-order valence-electron chi connectivity index (χ0n) is 13.5. The van der Waals surface area contributed by atoms with Crippen LogP contribution in [0.1, 0.15) is 0 Å². The number of sulfone groups is 2. The molecule has 0 bridgehead atoms. The van der Waals surface area contributed by atoms with E-state index in [-0.39, 0.29) is 25.6 Å². The minimum Gasteiger partial charge on any atom is -0.508 e. The Morgan fingerprint density at radius 2 is 1.28 bits per heavy atom. The van der Waals surface area contributed by atoms with E-state index in [0.29, 0.717) is 5.75 Å². The molecule has 2 rings (SSSR count). The molecule has 25 heavy (non-hydrogen) atoms. The summed E-state index contributed by atoms with van der Waals surface area (Å²) in [5.41, 5.74) is 0. The topological polar surface area (TPSA) is 97.7 Å². The van der Waals surface area contributed by atoms with E-state index < -0.39 is 19.7 Å². The van der Waals surface area contributed by atoms with Crippen molar-refractivity contribution >= 4 is 42.9 Å². The van der Waals surface area contributed by atoms with Crippen molar-refractivity contribution in [1.29, 1.82) is 0 Å². The van der Waals surface area contributed by atoms with Crippen LogP contribution in [-0.4, -0.2) is 41.6 Å². The van der Waals surface area contributed by atoms with Gasteiger partial charge in [-0.3, -0.25) is 0 Å². The first-order valence-corrected chi connectivity index (χ1v) is 11.1. The number of phenolic OH excluding ortho intramolecular Hbond substituents is 1. The van der Waals surface area contributed by atoms with Crippen LogP contribution in [0.3, 0.4) is 0 Å². The van der Waals surface area contributed by atoms with Crippen LogP contribution in [0, 0.1) is 0 Å². The minimum atomic E-state index is -3.35. The van der Waals surface area contributed by atoms with Crippen molar-refractivity contribution < 1.29 is 26.7 Å². The number of benzene rings is 2. The molecule has 2 aromatic carbocycles.